The Balaban J connectivity index is 1.69. The SMILES string of the molecule is Oc1c(C=Nc2ccccc2)cc(C2CCCCC2)cc1C1CCC1. The summed E-state index contributed by atoms with van der Waals surface area (Å²) in [6, 6.07) is 14.4. The van der Waals surface area contributed by atoms with Gasteiger partial charge < -0.3 is 5.11 Å². The highest BCUT2D eigenvalue weighted by molar-refractivity contribution is 5.86. The maximum atomic E-state index is 10.8. The highest BCUT2D eigenvalue weighted by Crippen LogP contribution is 2.44. The number of phenolic OH excluding ortho intramolecular Hbond substituents is 1. The van der Waals surface area contributed by atoms with Crippen molar-refractivity contribution in [2.24, 2.45) is 4.99 Å². The molecule has 4 rings (SSSR count). The van der Waals surface area contributed by atoms with Gasteiger partial charge in [-0.2, -0.15) is 0 Å². The average molecular weight is 333 g/mol. The van der Waals surface area contributed by atoms with Crippen molar-refractivity contribution in [1.82, 2.24) is 0 Å². The molecule has 0 atom stereocenters. The fourth-order valence-corrected chi connectivity index (χ4v) is 4.16. The van der Waals surface area contributed by atoms with Crippen molar-refractivity contribution in [2.45, 2.75) is 63.2 Å². The summed E-state index contributed by atoms with van der Waals surface area (Å²) >= 11 is 0. The minimum atomic E-state index is 0.448. The molecule has 0 saturated heterocycles. The number of phenols is 1. The molecule has 0 spiro atoms. The zero-order valence-corrected chi connectivity index (χ0v) is 14.8. The topological polar surface area (TPSA) is 32.6 Å². The lowest BCUT2D eigenvalue weighted by Crippen LogP contribution is -2.12. The number of rotatable bonds is 4. The lowest BCUT2D eigenvalue weighted by atomic mass is 9.76. The lowest BCUT2D eigenvalue weighted by Gasteiger charge is -2.29. The van der Waals surface area contributed by atoms with Crippen molar-refractivity contribution in [3.05, 3.63) is 59.2 Å². The van der Waals surface area contributed by atoms with Gasteiger partial charge in [0.05, 0.1) is 5.69 Å². The van der Waals surface area contributed by atoms with E-state index in [4.69, 9.17) is 0 Å². The summed E-state index contributed by atoms with van der Waals surface area (Å²) in [6.45, 7) is 0. The molecule has 2 nitrogen and oxygen atoms in total. The smallest absolute Gasteiger partial charge is 0.127 e. The van der Waals surface area contributed by atoms with E-state index in [0.29, 0.717) is 17.6 Å². The number of nitrogens with zero attached hydrogens (tertiary/aromatic N) is 1. The number of hydrogen-bond donors (Lipinski definition) is 1. The molecule has 0 bridgehead atoms. The molecule has 2 saturated carbocycles. The van der Waals surface area contributed by atoms with E-state index in [9.17, 15) is 5.11 Å². The van der Waals surface area contributed by atoms with Crippen LogP contribution >= 0.6 is 0 Å². The summed E-state index contributed by atoms with van der Waals surface area (Å²) in [6.07, 6.45) is 12.1. The molecule has 2 aromatic carbocycles. The molecular weight excluding hydrogens is 306 g/mol. The minimum Gasteiger partial charge on any atom is -0.507 e. The first-order valence-corrected chi connectivity index (χ1v) is 9.77. The number of aliphatic imine (C=N–C) groups is 1. The summed E-state index contributed by atoms with van der Waals surface area (Å²) < 4.78 is 0. The van der Waals surface area contributed by atoms with E-state index in [0.717, 1.165) is 16.8 Å². The third kappa shape index (κ3) is 3.63. The van der Waals surface area contributed by atoms with Crippen molar-refractivity contribution >= 4 is 11.9 Å². The summed E-state index contributed by atoms with van der Waals surface area (Å²) in [5.41, 5.74) is 4.38. The molecule has 0 amide bonds. The molecule has 1 N–H and O–H groups in total. The molecule has 0 unspecified atom stereocenters. The Morgan fingerprint density at radius 3 is 2.24 bits per heavy atom. The Bertz CT molecular complexity index is 740. The van der Waals surface area contributed by atoms with Gasteiger partial charge in [-0.25, -0.2) is 0 Å². The van der Waals surface area contributed by atoms with Gasteiger partial charge in [-0.1, -0.05) is 49.9 Å². The number of hydrogen-bond acceptors (Lipinski definition) is 2. The van der Waals surface area contributed by atoms with Crippen molar-refractivity contribution in [3.8, 4) is 5.75 Å². The van der Waals surface area contributed by atoms with E-state index in [1.165, 1.54) is 56.9 Å². The van der Waals surface area contributed by atoms with Crippen molar-refractivity contribution in [2.75, 3.05) is 0 Å². The van der Waals surface area contributed by atoms with Crippen LogP contribution in [-0.2, 0) is 0 Å². The lowest BCUT2D eigenvalue weighted by molar-refractivity contribution is 0.390. The van der Waals surface area contributed by atoms with Gasteiger partial charge in [0, 0.05) is 11.8 Å². The van der Waals surface area contributed by atoms with Crippen molar-refractivity contribution in [3.63, 3.8) is 0 Å². The summed E-state index contributed by atoms with van der Waals surface area (Å²) in [5, 5.41) is 10.8. The largest absolute Gasteiger partial charge is 0.507 e. The van der Waals surface area contributed by atoms with Crippen LogP contribution in [0.2, 0.25) is 0 Å². The first-order valence-electron chi connectivity index (χ1n) is 9.77. The van der Waals surface area contributed by atoms with Gasteiger partial charge in [0.1, 0.15) is 5.75 Å². The van der Waals surface area contributed by atoms with Crippen LogP contribution in [0, 0.1) is 0 Å². The summed E-state index contributed by atoms with van der Waals surface area (Å²) in [5.74, 6) is 1.63. The van der Waals surface area contributed by atoms with Gasteiger partial charge in [-0.15, -0.1) is 0 Å². The molecule has 25 heavy (non-hydrogen) atoms. The first kappa shape index (κ1) is 16.4. The van der Waals surface area contributed by atoms with Crippen LogP contribution in [-0.4, -0.2) is 11.3 Å². The maximum absolute atomic E-state index is 10.8. The Morgan fingerprint density at radius 2 is 1.56 bits per heavy atom. The van der Waals surface area contributed by atoms with E-state index >= 15 is 0 Å². The normalized spacial score (nSPS) is 19.2. The van der Waals surface area contributed by atoms with E-state index in [1.807, 2.05) is 36.5 Å². The Labute approximate surface area is 150 Å². The second-order valence-corrected chi connectivity index (χ2v) is 7.60. The molecule has 130 valence electrons. The quantitative estimate of drug-likeness (QED) is 0.640. The van der Waals surface area contributed by atoms with Crippen molar-refractivity contribution < 1.29 is 5.11 Å². The van der Waals surface area contributed by atoms with Crippen LogP contribution in [0.15, 0.2) is 47.5 Å². The van der Waals surface area contributed by atoms with Gasteiger partial charge in [0.2, 0.25) is 0 Å². The number of benzene rings is 2. The van der Waals surface area contributed by atoms with Gasteiger partial charge in [-0.05, 0) is 66.8 Å². The monoisotopic (exact) mass is 333 g/mol. The van der Waals surface area contributed by atoms with Gasteiger partial charge >= 0.3 is 0 Å². The highest BCUT2D eigenvalue weighted by Gasteiger charge is 2.26. The predicted octanol–water partition coefficient (Wildman–Crippen LogP) is 6.46. The summed E-state index contributed by atoms with van der Waals surface area (Å²) in [4.78, 5) is 4.58. The molecule has 2 fully saturated rings. The van der Waals surface area contributed by atoms with Crippen LogP contribution in [0.5, 0.6) is 5.75 Å². The second-order valence-electron chi connectivity index (χ2n) is 7.60. The average Bonchev–Trinajstić information content (AvgIpc) is 2.62. The zero-order chi connectivity index (χ0) is 17.1. The van der Waals surface area contributed by atoms with Crippen LogP contribution in [0.25, 0.3) is 0 Å². The number of aromatic hydroxyl groups is 1. The zero-order valence-electron chi connectivity index (χ0n) is 14.8. The minimum absolute atomic E-state index is 0.448. The maximum Gasteiger partial charge on any atom is 0.127 e. The first-order chi connectivity index (χ1) is 12.3. The Kier molecular flexibility index (Phi) is 4.87. The number of para-hydroxylation sites is 1. The molecule has 2 aliphatic rings. The Hall–Kier alpha value is -2.09. The molecule has 0 aromatic heterocycles. The predicted molar refractivity (Wildman–Crippen MR) is 104 cm³/mol. The standard InChI is InChI=1S/C23H27NO/c25-23-20(16-24-21-12-5-2-6-13-21)14-19(17-8-3-1-4-9-17)15-22(23)18-10-7-11-18/h2,5-6,12-18,25H,1,3-4,7-11H2. The van der Waals surface area contributed by atoms with E-state index < -0.39 is 0 Å². The molecule has 2 aliphatic carbocycles. The van der Waals surface area contributed by atoms with Crippen LogP contribution in [0.1, 0.15) is 79.9 Å². The van der Waals surface area contributed by atoms with Crippen LogP contribution in [0.3, 0.4) is 0 Å². The van der Waals surface area contributed by atoms with Gasteiger partial charge in [0.15, 0.2) is 0 Å². The third-order valence-corrected chi connectivity index (χ3v) is 5.92. The van der Waals surface area contributed by atoms with Crippen molar-refractivity contribution in [1.29, 1.82) is 0 Å². The second kappa shape index (κ2) is 7.43. The van der Waals surface area contributed by atoms with Crippen LogP contribution in [0.4, 0.5) is 5.69 Å². The van der Waals surface area contributed by atoms with E-state index in [-0.39, 0.29) is 0 Å². The molecule has 2 heteroatoms. The van der Waals surface area contributed by atoms with E-state index in [1.54, 1.807) is 0 Å². The molecule has 2 aromatic rings. The molecule has 0 radical (unpaired) electrons. The Morgan fingerprint density at radius 1 is 0.840 bits per heavy atom. The fourth-order valence-electron chi connectivity index (χ4n) is 4.16. The van der Waals surface area contributed by atoms with Gasteiger partial charge in [0.25, 0.3) is 0 Å². The van der Waals surface area contributed by atoms with E-state index in [2.05, 4.69) is 17.1 Å². The molecule has 0 aliphatic heterocycles. The molecular formula is C23H27NO. The molecule has 0 heterocycles. The highest BCUT2D eigenvalue weighted by atomic mass is 16.3. The third-order valence-electron chi connectivity index (χ3n) is 5.92. The van der Waals surface area contributed by atoms with Gasteiger partial charge in [-0.3, -0.25) is 4.99 Å². The van der Waals surface area contributed by atoms with Crippen LogP contribution < -0.4 is 0 Å². The summed E-state index contributed by atoms with van der Waals surface area (Å²) in [7, 11) is 0. The fraction of sp³-hybridized carbons (Fsp3) is 0.435.